The number of carbonyl (C=O) groups is 1. The highest BCUT2D eigenvalue weighted by molar-refractivity contribution is 5.81. The second-order valence-corrected chi connectivity index (χ2v) is 4.94. The van der Waals surface area contributed by atoms with Crippen molar-refractivity contribution < 1.29 is 9.53 Å². The highest BCUT2D eigenvalue weighted by atomic mass is 16.5. The first-order valence-electron chi connectivity index (χ1n) is 7.11. The third kappa shape index (κ3) is 3.88. The number of morpholine rings is 1. The number of ether oxygens (including phenoxy) is 1. The van der Waals surface area contributed by atoms with Crippen molar-refractivity contribution in [3.05, 3.63) is 17.5 Å². The van der Waals surface area contributed by atoms with Gasteiger partial charge in [0.25, 0.3) is 0 Å². The first-order chi connectivity index (χ1) is 9.22. The SMILES string of the molecule is CCc1cc(CC(=O)CC2COCCN2)n(CC)n1. The average molecular weight is 265 g/mol. The number of Topliss-reactive ketones (excluding diaryl/α,β-unsaturated/α-hetero) is 1. The Hall–Kier alpha value is -1.20. The average Bonchev–Trinajstić information content (AvgIpc) is 2.82. The molecule has 106 valence electrons. The monoisotopic (exact) mass is 265 g/mol. The summed E-state index contributed by atoms with van der Waals surface area (Å²) in [6, 6.07) is 2.22. The molecule has 1 aromatic rings. The highest BCUT2D eigenvalue weighted by Crippen LogP contribution is 2.09. The van der Waals surface area contributed by atoms with Crippen molar-refractivity contribution in [3.8, 4) is 0 Å². The minimum atomic E-state index is 0.171. The van der Waals surface area contributed by atoms with Crippen molar-refractivity contribution in [2.75, 3.05) is 19.8 Å². The van der Waals surface area contributed by atoms with Crippen LogP contribution in [0.2, 0.25) is 0 Å². The number of carbonyl (C=O) groups excluding carboxylic acids is 1. The molecular formula is C14H23N3O2. The molecule has 0 spiro atoms. The van der Waals surface area contributed by atoms with Gasteiger partial charge in [0.15, 0.2) is 0 Å². The van der Waals surface area contributed by atoms with E-state index >= 15 is 0 Å². The molecule has 1 saturated heterocycles. The Labute approximate surface area is 114 Å². The molecule has 1 aliphatic heterocycles. The fraction of sp³-hybridized carbons (Fsp3) is 0.714. The summed E-state index contributed by atoms with van der Waals surface area (Å²) in [5.41, 5.74) is 2.09. The van der Waals surface area contributed by atoms with Gasteiger partial charge in [0.1, 0.15) is 5.78 Å². The van der Waals surface area contributed by atoms with Crippen LogP contribution in [-0.4, -0.2) is 41.4 Å². The summed E-state index contributed by atoms with van der Waals surface area (Å²) in [5.74, 6) is 0.250. The van der Waals surface area contributed by atoms with Crippen LogP contribution in [0.1, 0.15) is 31.7 Å². The lowest BCUT2D eigenvalue weighted by Gasteiger charge is -2.23. The number of hydrogen-bond acceptors (Lipinski definition) is 4. The van der Waals surface area contributed by atoms with Crippen LogP contribution >= 0.6 is 0 Å². The lowest BCUT2D eigenvalue weighted by Crippen LogP contribution is -2.42. The molecule has 1 atom stereocenters. The van der Waals surface area contributed by atoms with Crippen molar-refractivity contribution >= 4 is 5.78 Å². The Morgan fingerprint density at radius 1 is 1.58 bits per heavy atom. The summed E-state index contributed by atoms with van der Waals surface area (Å²) in [5, 5.41) is 7.78. The van der Waals surface area contributed by atoms with Gasteiger partial charge in [-0.05, 0) is 19.4 Å². The van der Waals surface area contributed by atoms with Crippen molar-refractivity contribution in [2.45, 2.75) is 45.7 Å². The molecule has 0 amide bonds. The predicted molar refractivity (Wildman–Crippen MR) is 73.2 cm³/mol. The van der Waals surface area contributed by atoms with Gasteiger partial charge in [-0.2, -0.15) is 5.10 Å². The van der Waals surface area contributed by atoms with Crippen LogP contribution in [0, 0.1) is 0 Å². The molecular weight excluding hydrogens is 242 g/mol. The van der Waals surface area contributed by atoms with E-state index in [1.807, 2.05) is 10.7 Å². The number of aryl methyl sites for hydroxylation is 2. The zero-order chi connectivity index (χ0) is 13.7. The molecule has 5 heteroatoms. The molecule has 1 aliphatic rings. The van der Waals surface area contributed by atoms with Gasteiger partial charge in [-0.15, -0.1) is 0 Å². The van der Waals surface area contributed by atoms with Crippen LogP contribution in [0.25, 0.3) is 0 Å². The van der Waals surface area contributed by atoms with E-state index in [4.69, 9.17) is 4.74 Å². The first kappa shape index (κ1) is 14.2. The van der Waals surface area contributed by atoms with E-state index < -0.39 is 0 Å². The number of aromatic nitrogens is 2. The Kier molecular flexibility index (Phi) is 5.10. The van der Waals surface area contributed by atoms with Crippen LogP contribution in [0.5, 0.6) is 0 Å². The Balaban J connectivity index is 1.92. The van der Waals surface area contributed by atoms with Gasteiger partial charge in [-0.1, -0.05) is 6.92 Å². The summed E-state index contributed by atoms with van der Waals surface area (Å²) < 4.78 is 7.30. The third-order valence-electron chi connectivity index (χ3n) is 3.43. The molecule has 2 rings (SSSR count). The zero-order valence-corrected chi connectivity index (χ0v) is 11.8. The molecule has 5 nitrogen and oxygen atoms in total. The van der Waals surface area contributed by atoms with Gasteiger partial charge in [0, 0.05) is 37.7 Å². The lowest BCUT2D eigenvalue weighted by atomic mass is 10.1. The van der Waals surface area contributed by atoms with E-state index in [1.54, 1.807) is 0 Å². The molecule has 1 aromatic heterocycles. The topological polar surface area (TPSA) is 56.1 Å². The number of nitrogens with zero attached hydrogens (tertiary/aromatic N) is 2. The Morgan fingerprint density at radius 2 is 2.42 bits per heavy atom. The number of ketones is 1. The predicted octanol–water partition coefficient (Wildman–Crippen LogP) is 0.955. The van der Waals surface area contributed by atoms with E-state index in [2.05, 4.69) is 24.3 Å². The van der Waals surface area contributed by atoms with E-state index in [1.165, 1.54) is 0 Å². The number of hydrogen-bond donors (Lipinski definition) is 1. The maximum Gasteiger partial charge on any atom is 0.140 e. The van der Waals surface area contributed by atoms with Crippen LogP contribution < -0.4 is 5.32 Å². The highest BCUT2D eigenvalue weighted by Gasteiger charge is 2.18. The minimum Gasteiger partial charge on any atom is -0.379 e. The second kappa shape index (κ2) is 6.82. The number of nitrogens with one attached hydrogen (secondary N) is 1. The first-order valence-corrected chi connectivity index (χ1v) is 7.11. The largest absolute Gasteiger partial charge is 0.379 e. The standard InChI is InChI=1S/C14H23N3O2/c1-3-11-7-13(17(4-2)16-11)9-14(18)8-12-10-19-6-5-15-12/h7,12,15H,3-6,8-10H2,1-2H3. The molecule has 0 saturated carbocycles. The Morgan fingerprint density at radius 3 is 3.05 bits per heavy atom. The van der Waals surface area contributed by atoms with E-state index in [9.17, 15) is 4.79 Å². The van der Waals surface area contributed by atoms with E-state index in [0.717, 1.165) is 37.5 Å². The van der Waals surface area contributed by atoms with Crippen LogP contribution in [-0.2, 0) is 28.9 Å². The second-order valence-electron chi connectivity index (χ2n) is 4.94. The third-order valence-corrected chi connectivity index (χ3v) is 3.43. The molecule has 19 heavy (non-hydrogen) atoms. The molecule has 1 fully saturated rings. The summed E-state index contributed by atoms with van der Waals surface area (Å²) in [7, 11) is 0. The summed E-state index contributed by atoms with van der Waals surface area (Å²) >= 11 is 0. The fourth-order valence-electron chi connectivity index (χ4n) is 2.40. The molecule has 0 radical (unpaired) electrons. The smallest absolute Gasteiger partial charge is 0.140 e. The fourth-order valence-corrected chi connectivity index (χ4v) is 2.40. The van der Waals surface area contributed by atoms with Gasteiger partial charge in [0.2, 0.25) is 0 Å². The van der Waals surface area contributed by atoms with E-state index in [-0.39, 0.29) is 11.8 Å². The maximum atomic E-state index is 12.1. The van der Waals surface area contributed by atoms with Crippen molar-refractivity contribution in [2.24, 2.45) is 0 Å². The minimum absolute atomic E-state index is 0.171. The van der Waals surface area contributed by atoms with Crippen LogP contribution in [0.3, 0.4) is 0 Å². The van der Waals surface area contributed by atoms with Crippen molar-refractivity contribution in [3.63, 3.8) is 0 Å². The molecule has 0 aromatic carbocycles. The van der Waals surface area contributed by atoms with E-state index in [0.29, 0.717) is 19.4 Å². The molecule has 1 unspecified atom stereocenters. The quantitative estimate of drug-likeness (QED) is 0.832. The lowest BCUT2D eigenvalue weighted by molar-refractivity contribution is -0.119. The molecule has 2 heterocycles. The zero-order valence-electron chi connectivity index (χ0n) is 11.8. The summed E-state index contributed by atoms with van der Waals surface area (Å²) in [6.07, 6.45) is 1.92. The van der Waals surface area contributed by atoms with Gasteiger partial charge in [-0.3, -0.25) is 9.48 Å². The van der Waals surface area contributed by atoms with Gasteiger partial charge in [-0.25, -0.2) is 0 Å². The van der Waals surface area contributed by atoms with Crippen molar-refractivity contribution in [1.29, 1.82) is 0 Å². The van der Waals surface area contributed by atoms with Gasteiger partial charge >= 0.3 is 0 Å². The van der Waals surface area contributed by atoms with Crippen LogP contribution in [0.15, 0.2) is 6.07 Å². The molecule has 0 aliphatic carbocycles. The van der Waals surface area contributed by atoms with Crippen LogP contribution in [0.4, 0.5) is 0 Å². The maximum absolute atomic E-state index is 12.1. The molecule has 0 bridgehead atoms. The Bertz CT molecular complexity index is 422. The summed E-state index contributed by atoms with van der Waals surface area (Å²) in [4.78, 5) is 12.1. The van der Waals surface area contributed by atoms with Gasteiger partial charge < -0.3 is 10.1 Å². The number of rotatable bonds is 6. The normalized spacial score (nSPS) is 19.6. The van der Waals surface area contributed by atoms with Gasteiger partial charge in [0.05, 0.1) is 18.9 Å². The summed E-state index contributed by atoms with van der Waals surface area (Å²) in [6.45, 7) is 7.17. The van der Waals surface area contributed by atoms with Crippen molar-refractivity contribution in [1.82, 2.24) is 15.1 Å². The molecule has 1 N–H and O–H groups in total.